The minimum atomic E-state index is -0.778. The van der Waals surface area contributed by atoms with Gasteiger partial charge in [-0.15, -0.1) is 5.10 Å². The maximum Gasteiger partial charge on any atom is 0.320 e. The first-order chi connectivity index (χ1) is 9.04. The van der Waals surface area contributed by atoms with Gasteiger partial charge < -0.3 is 4.74 Å². The van der Waals surface area contributed by atoms with Crippen molar-refractivity contribution in [2.75, 3.05) is 7.11 Å². The molecule has 0 saturated carbocycles. The predicted octanol–water partition coefficient (Wildman–Crippen LogP) is 0.487. The van der Waals surface area contributed by atoms with Crippen molar-refractivity contribution in [1.82, 2.24) is 20.2 Å². The smallest absolute Gasteiger partial charge is 0.320 e. The first-order valence-electron chi connectivity index (χ1n) is 4.78. The van der Waals surface area contributed by atoms with E-state index in [0.29, 0.717) is 0 Å². The molecule has 11 nitrogen and oxygen atoms in total. The highest BCUT2D eigenvalue weighted by Gasteiger charge is 2.26. The Morgan fingerprint density at radius 2 is 2.00 bits per heavy atom. The summed E-state index contributed by atoms with van der Waals surface area (Å²) >= 11 is 0. The van der Waals surface area contributed by atoms with Crippen LogP contribution in [-0.2, 0) is 0 Å². The van der Waals surface area contributed by atoms with Gasteiger partial charge in [0.1, 0.15) is 12.0 Å². The van der Waals surface area contributed by atoms with Crippen LogP contribution < -0.4 is 4.74 Å². The third-order valence-corrected chi connectivity index (χ3v) is 2.24. The molecule has 0 saturated heterocycles. The zero-order valence-corrected chi connectivity index (χ0v) is 9.46. The van der Waals surface area contributed by atoms with Crippen molar-refractivity contribution < 1.29 is 14.6 Å². The molecule has 0 aliphatic carbocycles. The van der Waals surface area contributed by atoms with Crippen molar-refractivity contribution in [2.45, 2.75) is 0 Å². The highest BCUT2D eigenvalue weighted by atomic mass is 16.6. The Hall–Kier alpha value is -3.11. The predicted molar refractivity (Wildman–Crippen MR) is 59.0 cm³/mol. The molecule has 11 heteroatoms. The van der Waals surface area contributed by atoms with Gasteiger partial charge in [0.15, 0.2) is 0 Å². The third kappa shape index (κ3) is 2.15. The zero-order valence-electron chi connectivity index (χ0n) is 9.46. The fraction of sp³-hybridized carbons (Fsp3) is 0.125. The van der Waals surface area contributed by atoms with E-state index in [0.717, 1.165) is 23.1 Å². The number of nitro benzene ring substituents is 2. The quantitative estimate of drug-likeness (QED) is 0.575. The van der Waals surface area contributed by atoms with E-state index in [1.807, 2.05) is 0 Å². The Bertz CT molecular complexity index is 639. The molecule has 0 fully saturated rings. The Balaban J connectivity index is 2.76. The Morgan fingerprint density at radius 3 is 2.47 bits per heavy atom. The minimum absolute atomic E-state index is 0.00778. The normalized spacial score (nSPS) is 10.2. The molecule has 0 unspecified atom stereocenters. The molecule has 2 rings (SSSR count). The first kappa shape index (κ1) is 12.3. The molecule has 98 valence electrons. The first-order valence-corrected chi connectivity index (χ1v) is 4.78. The van der Waals surface area contributed by atoms with Gasteiger partial charge in [-0.1, -0.05) is 0 Å². The van der Waals surface area contributed by atoms with Crippen LogP contribution >= 0.6 is 0 Å². The van der Waals surface area contributed by atoms with E-state index in [1.165, 1.54) is 7.11 Å². The van der Waals surface area contributed by atoms with Crippen LogP contribution in [0.5, 0.6) is 5.75 Å². The number of nitrogens with zero attached hydrogens (tertiary/aromatic N) is 6. The fourth-order valence-corrected chi connectivity index (χ4v) is 1.48. The molecule has 1 heterocycles. The average molecular weight is 266 g/mol. The molecule has 1 aromatic heterocycles. The minimum Gasteiger partial charge on any atom is -0.489 e. The van der Waals surface area contributed by atoms with Crippen LogP contribution in [-0.4, -0.2) is 37.2 Å². The van der Waals surface area contributed by atoms with Crippen LogP contribution in [0.15, 0.2) is 18.5 Å². The molecule has 0 spiro atoms. The molecule has 0 radical (unpaired) electrons. The van der Waals surface area contributed by atoms with Crippen LogP contribution in [0, 0.1) is 20.2 Å². The van der Waals surface area contributed by atoms with Gasteiger partial charge in [0.05, 0.1) is 23.0 Å². The molecule has 0 aliphatic heterocycles. The second kappa shape index (κ2) is 4.64. The largest absolute Gasteiger partial charge is 0.489 e. The summed E-state index contributed by atoms with van der Waals surface area (Å²) in [5.41, 5.74) is -0.992. The Kier molecular flexibility index (Phi) is 3.01. The summed E-state index contributed by atoms with van der Waals surface area (Å²) in [6.45, 7) is 0. The Morgan fingerprint density at radius 1 is 1.26 bits per heavy atom. The number of tetrazole rings is 1. The zero-order chi connectivity index (χ0) is 14.0. The highest BCUT2D eigenvalue weighted by Crippen LogP contribution is 2.36. The van der Waals surface area contributed by atoms with Crippen LogP contribution in [0.25, 0.3) is 5.69 Å². The lowest BCUT2D eigenvalue weighted by molar-refractivity contribution is -0.394. The summed E-state index contributed by atoms with van der Waals surface area (Å²) in [6, 6.07) is 1.90. The highest BCUT2D eigenvalue weighted by molar-refractivity contribution is 5.64. The van der Waals surface area contributed by atoms with E-state index in [4.69, 9.17) is 4.74 Å². The lowest BCUT2D eigenvalue weighted by atomic mass is 10.2. The number of ether oxygens (including phenoxy) is 1. The number of hydrogen-bond donors (Lipinski definition) is 0. The van der Waals surface area contributed by atoms with Gasteiger partial charge in [-0.2, -0.15) is 4.68 Å². The number of nitro groups is 2. The standard InChI is InChI=1S/C8H6N6O5/c1-19-8-6(12-4-9-10-11-12)2-5(13(15)16)3-7(8)14(17)18/h2-4H,1H3. The summed E-state index contributed by atoms with van der Waals surface area (Å²) in [4.78, 5) is 20.2. The average Bonchev–Trinajstić information content (AvgIpc) is 2.90. The van der Waals surface area contributed by atoms with E-state index in [1.54, 1.807) is 0 Å². The van der Waals surface area contributed by atoms with Crippen molar-refractivity contribution in [3.8, 4) is 11.4 Å². The van der Waals surface area contributed by atoms with Crippen LogP contribution in [0.1, 0.15) is 0 Å². The third-order valence-electron chi connectivity index (χ3n) is 2.24. The van der Waals surface area contributed by atoms with Crippen molar-refractivity contribution >= 4 is 11.4 Å². The van der Waals surface area contributed by atoms with E-state index < -0.39 is 21.2 Å². The number of benzene rings is 1. The van der Waals surface area contributed by atoms with Crippen LogP contribution in [0.4, 0.5) is 11.4 Å². The fourth-order valence-electron chi connectivity index (χ4n) is 1.48. The summed E-state index contributed by atoms with van der Waals surface area (Å²) in [5, 5.41) is 31.9. The number of methoxy groups -OCH3 is 1. The number of non-ortho nitro benzene ring substituents is 1. The van der Waals surface area contributed by atoms with Gasteiger partial charge >= 0.3 is 5.69 Å². The molecule has 2 aromatic rings. The van der Waals surface area contributed by atoms with Gasteiger partial charge in [0.25, 0.3) is 5.69 Å². The van der Waals surface area contributed by atoms with Crippen LogP contribution in [0.3, 0.4) is 0 Å². The lowest BCUT2D eigenvalue weighted by Crippen LogP contribution is -2.04. The summed E-state index contributed by atoms with van der Waals surface area (Å²) in [6.07, 6.45) is 1.14. The monoisotopic (exact) mass is 266 g/mol. The molecule has 0 atom stereocenters. The maximum absolute atomic E-state index is 10.9. The Labute approximate surface area is 104 Å². The molecule has 0 amide bonds. The van der Waals surface area contributed by atoms with Gasteiger partial charge in [-0.05, 0) is 10.4 Å². The molecule has 0 N–H and O–H groups in total. The van der Waals surface area contributed by atoms with Gasteiger partial charge in [-0.25, -0.2) is 0 Å². The van der Waals surface area contributed by atoms with E-state index in [-0.39, 0.29) is 11.4 Å². The molecule has 1 aromatic carbocycles. The van der Waals surface area contributed by atoms with Crippen molar-refractivity contribution in [2.24, 2.45) is 0 Å². The molecular formula is C8H6N6O5. The van der Waals surface area contributed by atoms with Gasteiger partial charge in [0, 0.05) is 6.07 Å². The SMILES string of the molecule is COc1c(-n2cnnn2)cc([N+](=O)[O-])cc1[N+](=O)[O-]. The summed E-state index contributed by atoms with van der Waals surface area (Å²) in [7, 11) is 1.21. The van der Waals surface area contributed by atoms with E-state index in [2.05, 4.69) is 15.5 Å². The molecular weight excluding hydrogens is 260 g/mol. The lowest BCUT2D eigenvalue weighted by Gasteiger charge is -2.07. The molecule has 19 heavy (non-hydrogen) atoms. The topological polar surface area (TPSA) is 139 Å². The second-order valence-corrected chi connectivity index (χ2v) is 3.29. The molecule has 0 aliphatic rings. The second-order valence-electron chi connectivity index (χ2n) is 3.29. The van der Waals surface area contributed by atoms with Crippen LogP contribution in [0.2, 0.25) is 0 Å². The van der Waals surface area contributed by atoms with Crippen molar-refractivity contribution in [3.63, 3.8) is 0 Å². The van der Waals surface area contributed by atoms with E-state index >= 15 is 0 Å². The number of aromatic nitrogens is 4. The number of rotatable bonds is 4. The van der Waals surface area contributed by atoms with E-state index in [9.17, 15) is 20.2 Å². The van der Waals surface area contributed by atoms with Gasteiger partial charge in [-0.3, -0.25) is 20.2 Å². The van der Waals surface area contributed by atoms with Crippen molar-refractivity contribution in [3.05, 3.63) is 38.7 Å². The van der Waals surface area contributed by atoms with Gasteiger partial charge in [0.2, 0.25) is 5.75 Å². The number of hydrogen-bond acceptors (Lipinski definition) is 8. The summed E-state index contributed by atoms with van der Waals surface area (Å²) < 4.78 is 5.96. The van der Waals surface area contributed by atoms with Crippen molar-refractivity contribution in [1.29, 1.82) is 0 Å². The maximum atomic E-state index is 10.9. The molecule has 0 bridgehead atoms. The summed E-state index contributed by atoms with van der Waals surface area (Å²) in [5.74, 6) is -0.164.